The fourth-order valence-electron chi connectivity index (χ4n) is 1.82. The van der Waals surface area contributed by atoms with Crippen LogP contribution in [0.25, 0.3) is 0 Å². The second-order valence-corrected chi connectivity index (χ2v) is 4.18. The van der Waals surface area contributed by atoms with Crippen molar-refractivity contribution in [3.8, 4) is 0 Å². The van der Waals surface area contributed by atoms with E-state index >= 15 is 0 Å². The molecule has 1 aliphatic heterocycles. The molecular formula is C12H22N2O4. The van der Waals surface area contributed by atoms with E-state index in [2.05, 4.69) is 5.32 Å². The van der Waals surface area contributed by atoms with Crippen LogP contribution in [0.2, 0.25) is 0 Å². The lowest BCUT2D eigenvalue weighted by molar-refractivity contribution is -0.150. The average Bonchev–Trinajstić information content (AvgIpc) is 2.37. The first-order valence-corrected chi connectivity index (χ1v) is 6.35. The SMILES string of the molecule is CCC1NCC(=O)N(CCOCCCOC)C1=O. The zero-order chi connectivity index (χ0) is 13.4. The summed E-state index contributed by atoms with van der Waals surface area (Å²) in [4.78, 5) is 24.8. The van der Waals surface area contributed by atoms with Crippen LogP contribution in [-0.4, -0.2) is 62.8 Å². The topological polar surface area (TPSA) is 67.9 Å². The first kappa shape index (κ1) is 15.1. The lowest BCUT2D eigenvalue weighted by atomic mass is 10.1. The number of imide groups is 1. The summed E-state index contributed by atoms with van der Waals surface area (Å²) in [5, 5.41) is 2.92. The lowest BCUT2D eigenvalue weighted by Crippen LogP contribution is -2.58. The summed E-state index contributed by atoms with van der Waals surface area (Å²) >= 11 is 0. The van der Waals surface area contributed by atoms with Gasteiger partial charge < -0.3 is 9.47 Å². The van der Waals surface area contributed by atoms with Crippen LogP contribution in [0, 0.1) is 0 Å². The van der Waals surface area contributed by atoms with Crippen LogP contribution in [0.1, 0.15) is 19.8 Å². The van der Waals surface area contributed by atoms with E-state index in [1.54, 1.807) is 7.11 Å². The van der Waals surface area contributed by atoms with Crippen LogP contribution in [-0.2, 0) is 19.1 Å². The summed E-state index contributed by atoms with van der Waals surface area (Å²) in [5.74, 6) is -0.320. The Labute approximate surface area is 108 Å². The van der Waals surface area contributed by atoms with Gasteiger partial charge in [-0.3, -0.25) is 19.8 Å². The van der Waals surface area contributed by atoms with Crippen molar-refractivity contribution in [3.63, 3.8) is 0 Å². The van der Waals surface area contributed by atoms with Crippen molar-refractivity contribution in [3.05, 3.63) is 0 Å². The summed E-state index contributed by atoms with van der Waals surface area (Å²) in [7, 11) is 1.64. The van der Waals surface area contributed by atoms with Crippen molar-refractivity contribution in [2.45, 2.75) is 25.8 Å². The van der Waals surface area contributed by atoms with Gasteiger partial charge in [-0.1, -0.05) is 6.92 Å². The van der Waals surface area contributed by atoms with Gasteiger partial charge in [0, 0.05) is 20.3 Å². The highest BCUT2D eigenvalue weighted by Crippen LogP contribution is 2.05. The molecule has 1 N–H and O–H groups in total. The van der Waals surface area contributed by atoms with Gasteiger partial charge in [0.25, 0.3) is 0 Å². The fraction of sp³-hybridized carbons (Fsp3) is 0.833. The molecule has 6 heteroatoms. The van der Waals surface area contributed by atoms with Crippen LogP contribution in [0.15, 0.2) is 0 Å². The number of nitrogens with one attached hydrogen (secondary N) is 1. The Balaban J connectivity index is 2.26. The third-order valence-corrected chi connectivity index (χ3v) is 2.87. The van der Waals surface area contributed by atoms with E-state index in [4.69, 9.17) is 9.47 Å². The van der Waals surface area contributed by atoms with Gasteiger partial charge in [0.1, 0.15) is 0 Å². The van der Waals surface area contributed by atoms with Gasteiger partial charge in [-0.05, 0) is 12.8 Å². The molecular weight excluding hydrogens is 236 g/mol. The zero-order valence-corrected chi connectivity index (χ0v) is 11.1. The molecule has 1 aliphatic rings. The number of amides is 2. The number of carbonyl (C=O) groups excluding carboxylic acids is 2. The van der Waals surface area contributed by atoms with Crippen LogP contribution >= 0.6 is 0 Å². The van der Waals surface area contributed by atoms with E-state index in [9.17, 15) is 9.59 Å². The smallest absolute Gasteiger partial charge is 0.246 e. The minimum Gasteiger partial charge on any atom is -0.385 e. The molecule has 104 valence electrons. The molecule has 0 aliphatic carbocycles. The summed E-state index contributed by atoms with van der Waals surface area (Å²) < 4.78 is 10.3. The quantitative estimate of drug-likeness (QED) is 0.481. The first-order chi connectivity index (χ1) is 8.70. The molecule has 0 aromatic carbocycles. The molecule has 18 heavy (non-hydrogen) atoms. The summed E-state index contributed by atoms with van der Waals surface area (Å²) in [6.07, 6.45) is 1.51. The minimum absolute atomic E-state index is 0.144. The van der Waals surface area contributed by atoms with Crippen LogP contribution in [0.3, 0.4) is 0 Å². The zero-order valence-electron chi connectivity index (χ0n) is 11.1. The monoisotopic (exact) mass is 258 g/mol. The molecule has 1 fully saturated rings. The molecule has 0 bridgehead atoms. The van der Waals surface area contributed by atoms with Gasteiger partial charge in [0.15, 0.2) is 0 Å². The summed E-state index contributed by atoms with van der Waals surface area (Å²) in [6.45, 7) is 4.11. The number of rotatable bonds is 8. The number of hydrogen-bond donors (Lipinski definition) is 1. The number of carbonyl (C=O) groups is 2. The second kappa shape index (κ2) is 8.18. The van der Waals surface area contributed by atoms with E-state index in [1.165, 1.54) is 4.90 Å². The second-order valence-electron chi connectivity index (χ2n) is 4.18. The minimum atomic E-state index is -0.240. The molecule has 1 atom stereocenters. The molecule has 0 radical (unpaired) electrons. The molecule has 2 amide bonds. The number of piperazine rings is 1. The van der Waals surface area contributed by atoms with Gasteiger partial charge in [0.2, 0.25) is 11.8 Å². The van der Waals surface area contributed by atoms with Crippen molar-refractivity contribution in [2.75, 3.05) is 40.0 Å². The largest absolute Gasteiger partial charge is 0.385 e. The predicted octanol–water partition coefficient (Wildman–Crippen LogP) is -0.223. The maximum absolute atomic E-state index is 11.9. The van der Waals surface area contributed by atoms with Crippen molar-refractivity contribution in [2.24, 2.45) is 0 Å². The number of nitrogens with zero attached hydrogens (tertiary/aromatic N) is 1. The molecule has 0 spiro atoms. The Hall–Kier alpha value is -0.980. The molecule has 1 heterocycles. The molecule has 0 aromatic heterocycles. The van der Waals surface area contributed by atoms with Gasteiger partial charge in [-0.25, -0.2) is 0 Å². The average molecular weight is 258 g/mol. The Morgan fingerprint density at radius 3 is 2.78 bits per heavy atom. The van der Waals surface area contributed by atoms with E-state index in [0.717, 1.165) is 6.42 Å². The standard InChI is InChI=1S/C12H22N2O4/c1-3-10-12(16)14(11(15)9-13-10)5-8-18-7-4-6-17-2/h10,13H,3-9H2,1-2H3. The van der Waals surface area contributed by atoms with Gasteiger partial charge >= 0.3 is 0 Å². The van der Waals surface area contributed by atoms with Crippen molar-refractivity contribution in [1.82, 2.24) is 10.2 Å². The summed E-state index contributed by atoms with van der Waals surface area (Å²) in [6, 6.07) is -0.240. The molecule has 1 unspecified atom stereocenters. The van der Waals surface area contributed by atoms with Crippen LogP contribution in [0.4, 0.5) is 0 Å². The number of methoxy groups -OCH3 is 1. The third-order valence-electron chi connectivity index (χ3n) is 2.87. The Morgan fingerprint density at radius 2 is 2.11 bits per heavy atom. The Kier molecular flexibility index (Phi) is 6.85. The van der Waals surface area contributed by atoms with E-state index in [1.807, 2.05) is 6.92 Å². The van der Waals surface area contributed by atoms with E-state index in [-0.39, 0.29) is 24.4 Å². The van der Waals surface area contributed by atoms with E-state index in [0.29, 0.717) is 32.8 Å². The number of ether oxygens (including phenoxy) is 2. The Morgan fingerprint density at radius 1 is 1.33 bits per heavy atom. The molecule has 1 rings (SSSR count). The van der Waals surface area contributed by atoms with Crippen LogP contribution in [0.5, 0.6) is 0 Å². The molecule has 6 nitrogen and oxygen atoms in total. The molecule has 0 saturated carbocycles. The Bertz CT molecular complexity index is 283. The van der Waals surface area contributed by atoms with Crippen LogP contribution < -0.4 is 5.32 Å². The normalized spacial score (nSPS) is 20.6. The highest BCUT2D eigenvalue weighted by atomic mass is 16.5. The lowest BCUT2D eigenvalue weighted by Gasteiger charge is -2.30. The van der Waals surface area contributed by atoms with Gasteiger partial charge in [-0.15, -0.1) is 0 Å². The third kappa shape index (κ3) is 4.36. The van der Waals surface area contributed by atoms with Crippen molar-refractivity contribution >= 4 is 11.8 Å². The van der Waals surface area contributed by atoms with E-state index < -0.39 is 0 Å². The van der Waals surface area contributed by atoms with Gasteiger partial charge in [0.05, 0.1) is 25.7 Å². The van der Waals surface area contributed by atoms with Gasteiger partial charge in [-0.2, -0.15) is 0 Å². The maximum Gasteiger partial charge on any atom is 0.246 e. The summed E-state index contributed by atoms with van der Waals surface area (Å²) in [5.41, 5.74) is 0. The first-order valence-electron chi connectivity index (χ1n) is 6.35. The fourth-order valence-corrected chi connectivity index (χ4v) is 1.82. The maximum atomic E-state index is 11.9. The highest BCUT2D eigenvalue weighted by Gasteiger charge is 2.32. The van der Waals surface area contributed by atoms with Crippen molar-refractivity contribution in [1.29, 1.82) is 0 Å². The number of hydrogen-bond acceptors (Lipinski definition) is 5. The highest BCUT2D eigenvalue weighted by molar-refractivity contribution is 6.01. The predicted molar refractivity (Wildman–Crippen MR) is 66.1 cm³/mol. The molecule has 0 aromatic rings. The molecule has 1 saturated heterocycles. The van der Waals surface area contributed by atoms with Crippen molar-refractivity contribution < 1.29 is 19.1 Å².